The smallest absolute Gasteiger partial charge is 0.267 e. The van der Waals surface area contributed by atoms with Crippen molar-refractivity contribution in [3.05, 3.63) is 68.7 Å². The van der Waals surface area contributed by atoms with Gasteiger partial charge in [-0.25, -0.2) is 5.43 Å². The molecule has 20 heavy (non-hydrogen) atoms. The van der Waals surface area contributed by atoms with Gasteiger partial charge in [0.15, 0.2) is 0 Å². The zero-order chi connectivity index (χ0) is 14.5. The number of hydrogen-bond acceptors (Lipinski definition) is 2. The van der Waals surface area contributed by atoms with E-state index in [1.54, 1.807) is 42.5 Å². The van der Waals surface area contributed by atoms with Gasteiger partial charge in [-0.05, 0) is 35.9 Å². The molecule has 102 valence electrons. The van der Waals surface area contributed by atoms with E-state index in [2.05, 4.69) is 10.5 Å². The van der Waals surface area contributed by atoms with Crippen molar-refractivity contribution in [3.63, 3.8) is 0 Å². The lowest BCUT2D eigenvalue weighted by atomic mass is 10.2. The number of nitrogens with one attached hydrogen (secondary N) is 1. The van der Waals surface area contributed by atoms with E-state index in [0.717, 1.165) is 5.56 Å². The Bertz CT molecular complexity index is 671. The van der Waals surface area contributed by atoms with Crippen molar-refractivity contribution in [2.45, 2.75) is 0 Å². The average Bonchev–Trinajstić information content (AvgIpc) is 2.42. The second kappa shape index (κ2) is 6.75. The maximum atomic E-state index is 11.8. The Labute approximate surface area is 131 Å². The summed E-state index contributed by atoms with van der Waals surface area (Å²) in [7, 11) is 0. The number of rotatable bonds is 3. The van der Waals surface area contributed by atoms with Crippen molar-refractivity contribution >= 4 is 46.9 Å². The molecule has 0 spiro atoms. The molecule has 2 aromatic rings. The molecule has 0 bridgehead atoms. The standard InChI is InChI=1S/C14H9Cl3N2O/c15-11-3-1-2-10(7-11)14(20)19-18-8-9-4-5-12(16)13(17)6-9/h1-8H,(H,19,20). The Kier molecular flexibility index (Phi) is 5.01. The van der Waals surface area contributed by atoms with Gasteiger partial charge in [-0.3, -0.25) is 4.79 Å². The fourth-order valence-electron chi connectivity index (χ4n) is 1.45. The largest absolute Gasteiger partial charge is 0.271 e. The van der Waals surface area contributed by atoms with Gasteiger partial charge in [-0.15, -0.1) is 0 Å². The third-order valence-corrected chi connectivity index (χ3v) is 3.38. The summed E-state index contributed by atoms with van der Waals surface area (Å²) in [6.45, 7) is 0. The van der Waals surface area contributed by atoms with Crippen LogP contribution in [0.3, 0.4) is 0 Å². The molecule has 0 fully saturated rings. The lowest BCUT2D eigenvalue weighted by molar-refractivity contribution is 0.0955. The third kappa shape index (κ3) is 3.97. The van der Waals surface area contributed by atoms with Crippen LogP contribution < -0.4 is 5.43 Å². The van der Waals surface area contributed by atoms with E-state index in [0.29, 0.717) is 20.6 Å². The Morgan fingerprint density at radius 1 is 1.05 bits per heavy atom. The van der Waals surface area contributed by atoms with Crippen molar-refractivity contribution in [2.24, 2.45) is 5.10 Å². The van der Waals surface area contributed by atoms with Crippen LogP contribution in [-0.2, 0) is 0 Å². The summed E-state index contributed by atoms with van der Waals surface area (Å²) in [6, 6.07) is 11.6. The SMILES string of the molecule is O=C(NN=Cc1ccc(Cl)c(Cl)c1)c1cccc(Cl)c1. The zero-order valence-corrected chi connectivity index (χ0v) is 12.4. The number of carbonyl (C=O) groups is 1. The first-order valence-electron chi connectivity index (χ1n) is 5.60. The van der Waals surface area contributed by atoms with Crippen LogP contribution in [0.1, 0.15) is 15.9 Å². The van der Waals surface area contributed by atoms with Crippen LogP contribution in [0.4, 0.5) is 0 Å². The number of halogens is 3. The van der Waals surface area contributed by atoms with Gasteiger partial charge in [0.25, 0.3) is 5.91 Å². The average molecular weight is 328 g/mol. The van der Waals surface area contributed by atoms with Gasteiger partial charge >= 0.3 is 0 Å². The summed E-state index contributed by atoms with van der Waals surface area (Å²) >= 11 is 17.5. The number of amides is 1. The Morgan fingerprint density at radius 2 is 1.85 bits per heavy atom. The quantitative estimate of drug-likeness (QED) is 0.658. The highest BCUT2D eigenvalue weighted by molar-refractivity contribution is 6.42. The van der Waals surface area contributed by atoms with Gasteiger partial charge in [0.2, 0.25) is 0 Å². The number of nitrogens with zero attached hydrogens (tertiary/aromatic N) is 1. The highest BCUT2D eigenvalue weighted by Gasteiger charge is 2.04. The van der Waals surface area contributed by atoms with Gasteiger partial charge in [-0.2, -0.15) is 5.10 Å². The van der Waals surface area contributed by atoms with Gasteiger partial charge in [0.05, 0.1) is 16.3 Å². The van der Waals surface area contributed by atoms with E-state index in [4.69, 9.17) is 34.8 Å². The normalized spacial score (nSPS) is 10.8. The maximum absolute atomic E-state index is 11.8. The maximum Gasteiger partial charge on any atom is 0.271 e. The molecule has 0 saturated heterocycles. The molecule has 0 atom stereocenters. The van der Waals surface area contributed by atoms with Gasteiger partial charge in [-0.1, -0.05) is 46.9 Å². The molecule has 0 heterocycles. The zero-order valence-electron chi connectivity index (χ0n) is 10.1. The van der Waals surface area contributed by atoms with Gasteiger partial charge < -0.3 is 0 Å². The summed E-state index contributed by atoms with van der Waals surface area (Å²) in [4.78, 5) is 11.8. The molecule has 0 radical (unpaired) electrons. The Morgan fingerprint density at radius 3 is 2.55 bits per heavy atom. The minimum atomic E-state index is -0.344. The van der Waals surface area contributed by atoms with Crippen molar-refractivity contribution in [1.29, 1.82) is 0 Å². The van der Waals surface area contributed by atoms with Crippen LogP contribution in [0.5, 0.6) is 0 Å². The number of benzene rings is 2. The van der Waals surface area contributed by atoms with E-state index in [1.807, 2.05) is 0 Å². The van der Waals surface area contributed by atoms with Crippen LogP contribution >= 0.6 is 34.8 Å². The van der Waals surface area contributed by atoms with Crippen LogP contribution in [0.25, 0.3) is 0 Å². The summed E-state index contributed by atoms with van der Waals surface area (Å²) in [5.41, 5.74) is 3.57. The lowest BCUT2D eigenvalue weighted by Gasteiger charge is -2.00. The molecule has 0 aliphatic carbocycles. The van der Waals surface area contributed by atoms with E-state index < -0.39 is 0 Å². The Balaban J connectivity index is 2.02. The molecular weight excluding hydrogens is 319 g/mol. The predicted molar refractivity (Wildman–Crippen MR) is 83.0 cm³/mol. The summed E-state index contributed by atoms with van der Waals surface area (Å²) in [5, 5.41) is 5.23. The van der Waals surface area contributed by atoms with E-state index in [-0.39, 0.29) is 5.91 Å². The monoisotopic (exact) mass is 326 g/mol. The first-order chi connectivity index (χ1) is 9.56. The molecule has 0 aliphatic rings. The molecule has 2 rings (SSSR count). The first-order valence-corrected chi connectivity index (χ1v) is 6.73. The highest BCUT2D eigenvalue weighted by Crippen LogP contribution is 2.21. The summed E-state index contributed by atoms with van der Waals surface area (Å²) < 4.78 is 0. The fourth-order valence-corrected chi connectivity index (χ4v) is 1.95. The molecule has 0 aromatic heterocycles. The van der Waals surface area contributed by atoms with Crippen molar-refractivity contribution < 1.29 is 4.79 Å². The molecule has 6 heteroatoms. The number of carbonyl (C=O) groups excluding carboxylic acids is 1. The molecule has 0 saturated carbocycles. The molecule has 0 unspecified atom stereocenters. The second-order valence-electron chi connectivity index (χ2n) is 3.88. The molecule has 2 aromatic carbocycles. The summed E-state index contributed by atoms with van der Waals surface area (Å²) in [6.07, 6.45) is 1.48. The summed E-state index contributed by atoms with van der Waals surface area (Å²) in [5.74, 6) is -0.344. The van der Waals surface area contributed by atoms with E-state index in [1.165, 1.54) is 6.21 Å². The predicted octanol–water partition coefficient (Wildman–Crippen LogP) is 4.41. The van der Waals surface area contributed by atoms with Crippen LogP contribution in [0.2, 0.25) is 15.1 Å². The van der Waals surface area contributed by atoms with Crippen molar-refractivity contribution in [1.82, 2.24) is 5.43 Å². The Hall–Kier alpha value is -1.55. The number of hydrazone groups is 1. The lowest BCUT2D eigenvalue weighted by Crippen LogP contribution is -2.17. The third-order valence-electron chi connectivity index (χ3n) is 2.41. The minimum Gasteiger partial charge on any atom is -0.267 e. The van der Waals surface area contributed by atoms with Crippen molar-refractivity contribution in [2.75, 3.05) is 0 Å². The minimum absolute atomic E-state index is 0.344. The van der Waals surface area contributed by atoms with Gasteiger partial charge in [0.1, 0.15) is 0 Å². The van der Waals surface area contributed by atoms with Crippen LogP contribution in [-0.4, -0.2) is 12.1 Å². The molecule has 1 amide bonds. The first kappa shape index (κ1) is 14.9. The van der Waals surface area contributed by atoms with Crippen LogP contribution in [0.15, 0.2) is 47.6 Å². The molecule has 1 N–H and O–H groups in total. The van der Waals surface area contributed by atoms with E-state index in [9.17, 15) is 4.79 Å². The number of hydrogen-bond donors (Lipinski definition) is 1. The highest BCUT2D eigenvalue weighted by atomic mass is 35.5. The molecular formula is C14H9Cl3N2O. The van der Waals surface area contributed by atoms with E-state index >= 15 is 0 Å². The van der Waals surface area contributed by atoms with Crippen molar-refractivity contribution in [3.8, 4) is 0 Å². The fraction of sp³-hybridized carbons (Fsp3) is 0. The van der Waals surface area contributed by atoms with Crippen LogP contribution in [0, 0.1) is 0 Å². The van der Waals surface area contributed by atoms with Gasteiger partial charge in [0, 0.05) is 10.6 Å². The molecule has 3 nitrogen and oxygen atoms in total. The molecule has 0 aliphatic heterocycles. The second-order valence-corrected chi connectivity index (χ2v) is 5.13. The topological polar surface area (TPSA) is 41.5 Å².